The van der Waals surface area contributed by atoms with E-state index in [-0.39, 0.29) is 12.3 Å². The highest BCUT2D eigenvalue weighted by molar-refractivity contribution is 5.88. The number of ether oxygens (including phenoxy) is 1. The molecule has 1 atom stereocenters. The molecule has 0 aliphatic heterocycles. The fourth-order valence-electron chi connectivity index (χ4n) is 3.16. The quantitative estimate of drug-likeness (QED) is 0.603. The van der Waals surface area contributed by atoms with Crippen LogP contribution in [0.3, 0.4) is 0 Å². The predicted molar refractivity (Wildman–Crippen MR) is 108 cm³/mol. The number of aryl methyl sites for hydroxylation is 2. The Kier molecular flexibility index (Phi) is 5.83. The lowest BCUT2D eigenvalue weighted by Gasteiger charge is -2.21. The smallest absolute Gasteiger partial charge is 0.311 e. The standard InChI is InChI=1S/C23H25NO4/c1-15-10-20-19(14-27-21(20)11-16(15)2)12-22(25)28-17(3)23(26)24(4)13-18-8-6-5-7-9-18/h5-11,14,17H,12-13H2,1-4H3/t17-/m0/s1. The van der Waals surface area contributed by atoms with E-state index in [0.717, 1.165) is 33.2 Å². The second-order valence-corrected chi connectivity index (χ2v) is 7.18. The summed E-state index contributed by atoms with van der Waals surface area (Å²) in [6.45, 7) is 6.10. The van der Waals surface area contributed by atoms with E-state index in [1.54, 1.807) is 25.1 Å². The van der Waals surface area contributed by atoms with Crippen molar-refractivity contribution in [3.8, 4) is 0 Å². The molecule has 0 N–H and O–H groups in total. The van der Waals surface area contributed by atoms with Crippen LogP contribution in [0.2, 0.25) is 0 Å². The molecule has 0 aliphatic carbocycles. The molecule has 0 spiro atoms. The molecule has 1 aromatic heterocycles. The molecule has 0 saturated carbocycles. The topological polar surface area (TPSA) is 59.8 Å². The van der Waals surface area contributed by atoms with E-state index in [9.17, 15) is 9.59 Å². The fraction of sp³-hybridized carbons (Fsp3) is 0.304. The number of hydrogen-bond acceptors (Lipinski definition) is 4. The van der Waals surface area contributed by atoms with Crippen molar-refractivity contribution in [3.63, 3.8) is 0 Å². The second kappa shape index (κ2) is 8.30. The Bertz CT molecular complexity index is 991. The lowest BCUT2D eigenvalue weighted by atomic mass is 10.0. The average Bonchev–Trinajstić information content (AvgIpc) is 3.03. The molecule has 1 amide bonds. The van der Waals surface area contributed by atoms with Crippen LogP contribution in [0.25, 0.3) is 11.0 Å². The number of carbonyl (C=O) groups excluding carboxylic acids is 2. The van der Waals surface area contributed by atoms with E-state index in [1.165, 1.54) is 0 Å². The first kappa shape index (κ1) is 19.7. The summed E-state index contributed by atoms with van der Waals surface area (Å²) >= 11 is 0. The minimum absolute atomic E-state index is 0.0650. The van der Waals surface area contributed by atoms with E-state index in [0.29, 0.717) is 6.54 Å². The molecule has 146 valence electrons. The number of fused-ring (bicyclic) bond motifs is 1. The normalized spacial score (nSPS) is 12.0. The van der Waals surface area contributed by atoms with Gasteiger partial charge in [-0.1, -0.05) is 30.3 Å². The first-order chi connectivity index (χ1) is 13.3. The van der Waals surface area contributed by atoms with Crippen LogP contribution in [0.15, 0.2) is 53.1 Å². The third-order valence-corrected chi connectivity index (χ3v) is 4.90. The van der Waals surface area contributed by atoms with Gasteiger partial charge in [-0.05, 0) is 49.6 Å². The third kappa shape index (κ3) is 4.42. The first-order valence-corrected chi connectivity index (χ1v) is 9.31. The second-order valence-electron chi connectivity index (χ2n) is 7.18. The number of carbonyl (C=O) groups is 2. The SMILES string of the molecule is Cc1cc2occ(CC(=O)O[C@@H](C)C(=O)N(C)Cc3ccccc3)c2cc1C. The van der Waals surface area contributed by atoms with Crippen molar-refractivity contribution in [1.82, 2.24) is 4.90 Å². The number of rotatable bonds is 6. The van der Waals surface area contributed by atoms with E-state index < -0.39 is 12.1 Å². The zero-order valence-corrected chi connectivity index (χ0v) is 16.7. The summed E-state index contributed by atoms with van der Waals surface area (Å²) < 4.78 is 10.9. The van der Waals surface area contributed by atoms with Gasteiger partial charge in [-0.25, -0.2) is 0 Å². The summed E-state index contributed by atoms with van der Waals surface area (Å²) in [6, 6.07) is 13.7. The van der Waals surface area contributed by atoms with Crippen molar-refractivity contribution >= 4 is 22.8 Å². The van der Waals surface area contributed by atoms with Crippen LogP contribution in [-0.4, -0.2) is 29.9 Å². The minimum Gasteiger partial charge on any atom is -0.464 e. The van der Waals surface area contributed by atoms with Gasteiger partial charge in [-0.3, -0.25) is 9.59 Å². The van der Waals surface area contributed by atoms with E-state index in [4.69, 9.17) is 9.15 Å². The summed E-state index contributed by atoms with van der Waals surface area (Å²) in [5.74, 6) is -0.685. The van der Waals surface area contributed by atoms with E-state index in [2.05, 4.69) is 0 Å². The molecule has 3 rings (SSSR count). The molecule has 1 heterocycles. The van der Waals surface area contributed by atoms with Gasteiger partial charge < -0.3 is 14.1 Å². The van der Waals surface area contributed by atoms with Crippen LogP contribution in [0.4, 0.5) is 0 Å². The monoisotopic (exact) mass is 379 g/mol. The van der Waals surface area contributed by atoms with Crippen molar-refractivity contribution < 1.29 is 18.7 Å². The Balaban J connectivity index is 1.61. The van der Waals surface area contributed by atoms with E-state index in [1.807, 2.05) is 56.3 Å². The molecule has 0 bridgehead atoms. The zero-order chi connectivity index (χ0) is 20.3. The average molecular weight is 379 g/mol. The highest BCUT2D eigenvalue weighted by Crippen LogP contribution is 2.25. The van der Waals surface area contributed by atoms with Gasteiger partial charge in [0.2, 0.25) is 0 Å². The number of esters is 1. The summed E-state index contributed by atoms with van der Waals surface area (Å²) in [4.78, 5) is 26.4. The number of benzene rings is 2. The molecule has 3 aromatic rings. The van der Waals surface area contributed by atoms with Gasteiger partial charge in [0.1, 0.15) is 5.58 Å². The van der Waals surface area contributed by atoms with Crippen LogP contribution in [0.1, 0.15) is 29.2 Å². The molecule has 28 heavy (non-hydrogen) atoms. The lowest BCUT2D eigenvalue weighted by Crippen LogP contribution is -2.37. The number of amides is 1. The Morgan fingerprint density at radius 2 is 1.79 bits per heavy atom. The Hall–Kier alpha value is -3.08. The van der Waals surface area contributed by atoms with Crippen molar-refractivity contribution in [2.24, 2.45) is 0 Å². The highest BCUT2D eigenvalue weighted by Gasteiger charge is 2.22. The molecular weight excluding hydrogens is 354 g/mol. The van der Waals surface area contributed by atoms with Gasteiger partial charge in [0.15, 0.2) is 6.10 Å². The van der Waals surface area contributed by atoms with Gasteiger partial charge in [0.25, 0.3) is 5.91 Å². The zero-order valence-electron chi connectivity index (χ0n) is 16.7. The van der Waals surface area contributed by atoms with Gasteiger partial charge >= 0.3 is 5.97 Å². The van der Waals surface area contributed by atoms with Gasteiger partial charge in [0.05, 0.1) is 12.7 Å². The first-order valence-electron chi connectivity index (χ1n) is 9.31. The predicted octanol–water partition coefficient (Wildman–Crippen LogP) is 4.18. The maximum absolute atomic E-state index is 12.5. The summed E-state index contributed by atoms with van der Waals surface area (Å²) in [5, 5.41) is 0.903. The molecule has 0 unspecified atom stereocenters. The van der Waals surface area contributed by atoms with Crippen molar-refractivity contribution in [2.45, 2.75) is 39.8 Å². The minimum atomic E-state index is -0.844. The van der Waals surface area contributed by atoms with Crippen molar-refractivity contribution in [3.05, 3.63) is 71.0 Å². The van der Waals surface area contributed by atoms with Crippen LogP contribution in [0.5, 0.6) is 0 Å². The molecule has 5 nitrogen and oxygen atoms in total. The largest absolute Gasteiger partial charge is 0.464 e. The Labute approximate surface area is 164 Å². The fourth-order valence-corrected chi connectivity index (χ4v) is 3.16. The molecule has 2 aromatic carbocycles. The molecule has 5 heteroatoms. The highest BCUT2D eigenvalue weighted by atomic mass is 16.5. The van der Waals surface area contributed by atoms with Crippen LogP contribution in [0, 0.1) is 13.8 Å². The summed E-state index contributed by atoms with van der Waals surface area (Å²) in [5.41, 5.74) is 4.80. The number of likely N-dealkylation sites (N-methyl/N-ethyl adjacent to an activating group) is 1. The third-order valence-electron chi connectivity index (χ3n) is 4.90. The number of furan rings is 1. The molecular formula is C23H25NO4. The van der Waals surface area contributed by atoms with Crippen molar-refractivity contribution in [1.29, 1.82) is 0 Å². The van der Waals surface area contributed by atoms with Gasteiger partial charge in [-0.2, -0.15) is 0 Å². The van der Waals surface area contributed by atoms with Crippen LogP contribution < -0.4 is 0 Å². The maximum atomic E-state index is 12.5. The molecule has 0 aliphatic rings. The lowest BCUT2D eigenvalue weighted by molar-refractivity contribution is -0.158. The molecule has 0 saturated heterocycles. The maximum Gasteiger partial charge on any atom is 0.311 e. The summed E-state index contributed by atoms with van der Waals surface area (Å²) in [6.07, 6.45) is 0.803. The van der Waals surface area contributed by atoms with Crippen molar-refractivity contribution in [2.75, 3.05) is 7.05 Å². The van der Waals surface area contributed by atoms with Gasteiger partial charge in [0, 0.05) is 24.5 Å². The Morgan fingerprint density at radius 1 is 1.11 bits per heavy atom. The number of nitrogens with zero attached hydrogens (tertiary/aromatic N) is 1. The number of hydrogen-bond donors (Lipinski definition) is 0. The molecule has 0 radical (unpaired) electrons. The van der Waals surface area contributed by atoms with Gasteiger partial charge in [-0.15, -0.1) is 0 Å². The van der Waals surface area contributed by atoms with E-state index >= 15 is 0 Å². The Morgan fingerprint density at radius 3 is 2.50 bits per heavy atom. The van der Waals surface area contributed by atoms with Crippen LogP contribution >= 0.6 is 0 Å². The molecule has 0 fully saturated rings. The van der Waals surface area contributed by atoms with Crippen LogP contribution in [-0.2, 0) is 27.3 Å². The summed E-state index contributed by atoms with van der Waals surface area (Å²) in [7, 11) is 1.70.